The van der Waals surface area contributed by atoms with Gasteiger partial charge in [0.15, 0.2) is 5.82 Å². The Bertz CT molecular complexity index is 357. The van der Waals surface area contributed by atoms with Crippen molar-refractivity contribution in [2.45, 2.75) is 44.6 Å². The predicted molar refractivity (Wildman–Crippen MR) is 55.6 cm³/mol. The second-order valence-electron chi connectivity index (χ2n) is 4.01. The molecule has 0 aliphatic heterocycles. The van der Waals surface area contributed by atoms with Crippen LogP contribution in [0.5, 0.6) is 0 Å². The maximum atomic E-state index is 11.1. The first-order valence-corrected chi connectivity index (χ1v) is 5.56. The van der Waals surface area contributed by atoms with E-state index in [4.69, 9.17) is 4.74 Å². The molecule has 15 heavy (non-hydrogen) atoms. The van der Waals surface area contributed by atoms with Gasteiger partial charge in [-0.2, -0.15) is 5.10 Å². The summed E-state index contributed by atoms with van der Waals surface area (Å²) in [5.74, 6) is 0.661. The SMILES string of the molecule is CCOC1(c2n[nH]c(=O)[nH]2)CCCCC1. The Hall–Kier alpha value is -1.10. The minimum Gasteiger partial charge on any atom is -0.367 e. The standard InChI is InChI=1S/C10H17N3O2/c1-2-15-10(6-4-3-5-7-10)8-11-9(14)13-12-8/h2-7H2,1H3,(H2,11,12,13,14). The summed E-state index contributed by atoms with van der Waals surface area (Å²) >= 11 is 0. The summed E-state index contributed by atoms with van der Waals surface area (Å²) in [4.78, 5) is 13.8. The van der Waals surface area contributed by atoms with Gasteiger partial charge in [-0.1, -0.05) is 19.3 Å². The summed E-state index contributed by atoms with van der Waals surface area (Å²) in [5, 5.41) is 6.42. The summed E-state index contributed by atoms with van der Waals surface area (Å²) in [6.07, 6.45) is 5.40. The molecular weight excluding hydrogens is 194 g/mol. The van der Waals surface area contributed by atoms with Crippen LogP contribution >= 0.6 is 0 Å². The Morgan fingerprint density at radius 2 is 2.13 bits per heavy atom. The van der Waals surface area contributed by atoms with Crippen LogP contribution in [0.25, 0.3) is 0 Å². The number of nitrogens with one attached hydrogen (secondary N) is 2. The van der Waals surface area contributed by atoms with E-state index in [1.807, 2.05) is 6.92 Å². The van der Waals surface area contributed by atoms with E-state index >= 15 is 0 Å². The quantitative estimate of drug-likeness (QED) is 0.791. The third kappa shape index (κ3) is 1.97. The molecule has 0 saturated heterocycles. The molecule has 1 aromatic rings. The molecule has 84 valence electrons. The van der Waals surface area contributed by atoms with Gasteiger partial charge in [0.25, 0.3) is 0 Å². The number of H-pyrrole nitrogens is 2. The molecule has 5 heteroatoms. The third-order valence-corrected chi connectivity index (χ3v) is 3.01. The molecule has 1 aromatic heterocycles. The first-order chi connectivity index (χ1) is 7.27. The van der Waals surface area contributed by atoms with Crippen LogP contribution in [-0.2, 0) is 10.3 Å². The zero-order valence-corrected chi connectivity index (χ0v) is 9.01. The van der Waals surface area contributed by atoms with Gasteiger partial charge in [0.1, 0.15) is 5.60 Å². The highest BCUT2D eigenvalue weighted by Crippen LogP contribution is 2.38. The molecule has 1 heterocycles. The largest absolute Gasteiger partial charge is 0.367 e. The number of hydrogen-bond acceptors (Lipinski definition) is 3. The molecule has 0 amide bonds. The van der Waals surface area contributed by atoms with Crippen molar-refractivity contribution in [2.75, 3.05) is 6.61 Å². The van der Waals surface area contributed by atoms with Crippen LogP contribution in [0.1, 0.15) is 44.9 Å². The summed E-state index contributed by atoms with van der Waals surface area (Å²) < 4.78 is 5.82. The van der Waals surface area contributed by atoms with Gasteiger partial charge in [-0.15, -0.1) is 0 Å². The lowest BCUT2D eigenvalue weighted by Crippen LogP contribution is -2.34. The van der Waals surface area contributed by atoms with Crippen LogP contribution in [-0.4, -0.2) is 21.8 Å². The van der Waals surface area contributed by atoms with Crippen molar-refractivity contribution in [1.82, 2.24) is 15.2 Å². The van der Waals surface area contributed by atoms with Crippen molar-refractivity contribution in [3.8, 4) is 0 Å². The van der Waals surface area contributed by atoms with Crippen molar-refractivity contribution >= 4 is 0 Å². The van der Waals surface area contributed by atoms with E-state index in [0.717, 1.165) is 25.7 Å². The van der Waals surface area contributed by atoms with Gasteiger partial charge < -0.3 is 4.74 Å². The van der Waals surface area contributed by atoms with Crippen LogP contribution in [0, 0.1) is 0 Å². The molecule has 1 aliphatic carbocycles. The minimum atomic E-state index is -0.355. The summed E-state index contributed by atoms with van der Waals surface area (Å²) in [7, 11) is 0. The zero-order chi connectivity index (χ0) is 10.7. The number of rotatable bonds is 3. The molecule has 0 unspecified atom stereocenters. The highest BCUT2D eigenvalue weighted by molar-refractivity contribution is 5.01. The van der Waals surface area contributed by atoms with Gasteiger partial charge >= 0.3 is 5.69 Å². The lowest BCUT2D eigenvalue weighted by atomic mass is 9.84. The highest BCUT2D eigenvalue weighted by atomic mass is 16.5. The minimum absolute atomic E-state index is 0.255. The van der Waals surface area contributed by atoms with E-state index in [2.05, 4.69) is 15.2 Å². The van der Waals surface area contributed by atoms with E-state index in [9.17, 15) is 4.79 Å². The molecule has 1 fully saturated rings. The molecule has 1 saturated carbocycles. The van der Waals surface area contributed by atoms with E-state index in [0.29, 0.717) is 12.4 Å². The monoisotopic (exact) mass is 211 g/mol. The van der Waals surface area contributed by atoms with Crippen LogP contribution in [0.3, 0.4) is 0 Å². The molecule has 0 atom stereocenters. The van der Waals surface area contributed by atoms with E-state index < -0.39 is 0 Å². The van der Waals surface area contributed by atoms with Gasteiger partial charge in [-0.25, -0.2) is 9.89 Å². The van der Waals surface area contributed by atoms with Gasteiger partial charge in [0.2, 0.25) is 0 Å². The number of aromatic amines is 2. The maximum Gasteiger partial charge on any atom is 0.340 e. The van der Waals surface area contributed by atoms with E-state index in [1.165, 1.54) is 6.42 Å². The Morgan fingerprint density at radius 1 is 1.40 bits per heavy atom. The molecule has 5 nitrogen and oxygen atoms in total. The zero-order valence-electron chi connectivity index (χ0n) is 9.01. The van der Waals surface area contributed by atoms with E-state index in [-0.39, 0.29) is 11.3 Å². The first kappa shape index (κ1) is 10.4. The van der Waals surface area contributed by atoms with Crippen LogP contribution in [0.4, 0.5) is 0 Å². The molecule has 1 aliphatic rings. The van der Waals surface area contributed by atoms with Crippen molar-refractivity contribution in [3.05, 3.63) is 16.3 Å². The molecule has 0 aromatic carbocycles. The van der Waals surface area contributed by atoms with Crippen molar-refractivity contribution in [3.63, 3.8) is 0 Å². The highest BCUT2D eigenvalue weighted by Gasteiger charge is 2.37. The Kier molecular flexibility index (Phi) is 2.90. The van der Waals surface area contributed by atoms with Crippen LogP contribution in [0.15, 0.2) is 4.79 Å². The second kappa shape index (κ2) is 4.18. The normalized spacial score (nSPS) is 20.3. The number of nitrogens with zero attached hydrogens (tertiary/aromatic N) is 1. The molecule has 0 radical (unpaired) electrons. The first-order valence-electron chi connectivity index (χ1n) is 5.56. The maximum absolute atomic E-state index is 11.1. The molecular formula is C10H17N3O2. The fraction of sp³-hybridized carbons (Fsp3) is 0.800. The van der Waals surface area contributed by atoms with Crippen molar-refractivity contribution in [1.29, 1.82) is 0 Å². The van der Waals surface area contributed by atoms with E-state index in [1.54, 1.807) is 0 Å². The van der Waals surface area contributed by atoms with Crippen molar-refractivity contribution in [2.24, 2.45) is 0 Å². The number of ether oxygens (including phenoxy) is 1. The average Bonchev–Trinajstić information content (AvgIpc) is 2.67. The summed E-state index contributed by atoms with van der Waals surface area (Å²) in [6.45, 7) is 2.62. The molecule has 2 rings (SSSR count). The average molecular weight is 211 g/mol. The summed E-state index contributed by atoms with van der Waals surface area (Å²) in [6, 6.07) is 0. The smallest absolute Gasteiger partial charge is 0.340 e. The topological polar surface area (TPSA) is 70.8 Å². The van der Waals surface area contributed by atoms with Gasteiger partial charge in [0.05, 0.1) is 0 Å². The Morgan fingerprint density at radius 3 is 2.67 bits per heavy atom. The number of hydrogen-bond donors (Lipinski definition) is 2. The van der Waals surface area contributed by atoms with Gasteiger partial charge in [0, 0.05) is 6.61 Å². The van der Waals surface area contributed by atoms with Gasteiger partial charge in [-0.3, -0.25) is 4.98 Å². The number of aromatic nitrogens is 3. The summed E-state index contributed by atoms with van der Waals surface area (Å²) in [5.41, 5.74) is -0.610. The molecule has 2 N–H and O–H groups in total. The Balaban J connectivity index is 2.28. The van der Waals surface area contributed by atoms with Crippen LogP contribution in [0.2, 0.25) is 0 Å². The third-order valence-electron chi connectivity index (χ3n) is 3.01. The molecule has 0 spiro atoms. The Labute approximate surface area is 88.2 Å². The van der Waals surface area contributed by atoms with Gasteiger partial charge in [-0.05, 0) is 19.8 Å². The van der Waals surface area contributed by atoms with Crippen LogP contribution < -0.4 is 5.69 Å². The fourth-order valence-corrected chi connectivity index (χ4v) is 2.33. The molecule has 0 bridgehead atoms. The van der Waals surface area contributed by atoms with Crippen molar-refractivity contribution < 1.29 is 4.74 Å². The second-order valence-corrected chi connectivity index (χ2v) is 4.01. The lowest BCUT2D eigenvalue weighted by Gasteiger charge is -2.34. The lowest BCUT2D eigenvalue weighted by molar-refractivity contribution is -0.0765. The predicted octanol–water partition coefficient (Wildman–Crippen LogP) is 1.29. The fourth-order valence-electron chi connectivity index (χ4n) is 2.33.